The van der Waals surface area contributed by atoms with E-state index in [9.17, 15) is 18.2 Å². The van der Waals surface area contributed by atoms with E-state index in [0.717, 1.165) is 42.7 Å². The van der Waals surface area contributed by atoms with Gasteiger partial charge in [0.2, 0.25) is 0 Å². The topological polar surface area (TPSA) is 92.7 Å². The predicted octanol–water partition coefficient (Wildman–Crippen LogP) is 4.22. The Kier molecular flexibility index (Phi) is 8.27. The number of hydrogen-bond donors (Lipinski definition) is 2. The first kappa shape index (κ1) is 24.6. The largest absolute Gasteiger partial charge is 0.506 e. The SMILES string of the molecule is COC(=O)C1(C)CC2CC(C)CC(C2)C1.CS(=O)NC(=O)c1cc(Cl)c(O)cc1F. The molecule has 1 aromatic carbocycles. The second-order valence-electron chi connectivity index (χ2n) is 8.67. The fraction of sp³-hybridized carbons (Fsp3) is 0.619. The molecule has 0 aliphatic heterocycles. The Bertz CT molecular complexity index is 816. The lowest BCUT2D eigenvalue weighted by atomic mass is 9.59. The Morgan fingerprint density at radius 2 is 1.83 bits per heavy atom. The van der Waals surface area contributed by atoms with Gasteiger partial charge in [0.05, 0.1) is 23.1 Å². The molecule has 0 radical (unpaired) electrons. The maximum Gasteiger partial charge on any atom is 0.311 e. The van der Waals surface area contributed by atoms with Crippen LogP contribution in [-0.4, -0.2) is 34.6 Å². The summed E-state index contributed by atoms with van der Waals surface area (Å²) in [5.74, 6) is 0.148. The van der Waals surface area contributed by atoms with Gasteiger partial charge in [-0.15, -0.1) is 0 Å². The maximum atomic E-state index is 13.2. The summed E-state index contributed by atoms with van der Waals surface area (Å²) in [6.07, 6.45) is 7.28. The van der Waals surface area contributed by atoms with Crippen LogP contribution >= 0.6 is 11.6 Å². The maximum absolute atomic E-state index is 13.2. The molecule has 168 valence electrons. The molecule has 2 N–H and O–H groups in total. The number of fused-ring (bicyclic) bond motifs is 2. The summed E-state index contributed by atoms with van der Waals surface area (Å²) in [5.41, 5.74) is -0.560. The van der Waals surface area contributed by atoms with E-state index in [1.165, 1.54) is 32.6 Å². The summed E-state index contributed by atoms with van der Waals surface area (Å²) in [4.78, 5) is 23.0. The van der Waals surface area contributed by atoms with Gasteiger partial charge in [-0.1, -0.05) is 18.5 Å². The number of nitrogens with one attached hydrogen (secondary N) is 1. The van der Waals surface area contributed by atoms with E-state index in [0.29, 0.717) is 0 Å². The number of benzene rings is 1. The molecule has 3 unspecified atom stereocenters. The molecule has 2 fully saturated rings. The minimum Gasteiger partial charge on any atom is -0.506 e. The van der Waals surface area contributed by atoms with Crippen molar-refractivity contribution in [1.29, 1.82) is 0 Å². The standard InChI is InChI=1S/C13H22O2.C8H7ClFNO3S/c1-9-4-10-6-11(5-9)8-13(2,7-10)12(14)15-3;1-15(14)11-8(13)4-2-5(9)7(12)3-6(4)10/h9-11H,4-8H2,1-3H3;2-3,12H,1H3,(H,11,13). The van der Waals surface area contributed by atoms with Gasteiger partial charge in [-0.3, -0.25) is 14.3 Å². The van der Waals surface area contributed by atoms with Crippen molar-refractivity contribution in [2.45, 2.75) is 46.0 Å². The molecule has 3 atom stereocenters. The van der Waals surface area contributed by atoms with Crippen LogP contribution in [0.2, 0.25) is 5.02 Å². The van der Waals surface area contributed by atoms with E-state index in [2.05, 4.69) is 13.8 Å². The molecule has 2 aliphatic rings. The minimum atomic E-state index is -1.59. The van der Waals surface area contributed by atoms with Crippen LogP contribution in [0.15, 0.2) is 12.1 Å². The van der Waals surface area contributed by atoms with Gasteiger partial charge < -0.3 is 9.84 Å². The van der Waals surface area contributed by atoms with Gasteiger partial charge in [0.25, 0.3) is 5.91 Å². The number of esters is 1. The number of amides is 1. The van der Waals surface area contributed by atoms with Crippen LogP contribution in [0.5, 0.6) is 5.75 Å². The van der Waals surface area contributed by atoms with Crippen molar-refractivity contribution in [3.8, 4) is 5.75 Å². The number of phenolic OH excluding ortho intramolecular Hbond substituents is 1. The Labute approximate surface area is 184 Å². The van der Waals surface area contributed by atoms with Crippen molar-refractivity contribution in [2.75, 3.05) is 13.4 Å². The number of rotatable bonds is 3. The Hall–Kier alpha value is -1.67. The highest BCUT2D eigenvalue weighted by molar-refractivity contribution is 7.82. The van der Waals surface area contributed by atoms with Crippen LogP contribution < -0.4 is 4.72 Å². The van der Waals surface area contributed by atoms with E-state index in [1.807, 2.05) is 4.72 Å². The highest BCUT2D eigenvalue weighted by atomic mass is 35.5. The monoisotopic (exact) mass is 461 g/mol. The summed E-state index contributed by atoms with van der Waals surface area (Å²) in [5, 5.41) is 8.87. The van der Waals surface area contributed by atoms with Gasteiger partial charge >= 0.3 is 5.97 Å². The lowest BCUT2D eigenvalue weighted by molar-refractivity contribution is -0.157. The molecule has 6 nitrogen and oxygen atoms in total. The zero-order valence-electron chi connectivity index (χ0n) is 17.7. The molecule has 2 saturated carbocycles. The first-order valence-corrected chi connectivity index (χ1v) is 11.8. The van der Waals surface area contributed by atoms with Crippen molar-refractivity contribution in [3.63, 3.8) is 0 Å². The molecule has 0 saturated heterocycles. The number of carbonyl (C=O) groups is 2. The van der Waals surface area contributed by atoms with Gasteiger partial charge in [0, 0.05) is 12.3 Å². The third-order valence-corrected chi connectivity index (χ3v) is 6.59. The van der Waals surface area contributed by atoms with Gasteiger partial charge in [0.15, 0.2) is 0 Å². The molecule has 1 aromatic rings. The van der Waals surface area contributed by atoms with Gasteiger partial charge in [0.1, 0.15) is 22.6 Å². The smallest absolute Gasteiger partial charge is 0.311 e. The van der Waals surface area contributed by atoms with E-state index >= 15 is 0 Å². The first-order valence-electron chi connectivity index (χ1n) is 9.86. The zero-order chi connectivity index (χ0) is 22.6. The van der Waals surface area contributed by atoms with Gasteiger partial charge in [-0.2, -0.15) is 0 Å². The zero-order valence-corrected chi connectivity index (χ0v) is 19.2. The fourth-order valence-corrected chi connectivity index (χ4v) is 5.43. The van der Waals surface area contributed by atoms with Crippen molar-refractivity contribution in [3.05, 3.63) is 28.5 Å². The molecule has 3 rings (SSSR count). The molecule has 2 aliphatic carbocycles. The summed E-state index contributed by atoms with van der Waals surface area (Å²) in [6.45, 7) is 4.44. The lowest BCUT2D eigenvalue weighted by Crippen LogP contribution is -2.41. The van der Waals surface area contributed by atoms with Crippen molar-refractivity contribution >= 4 is 34.5 Å². The fourth-order valence-electron chi connectivity index (χ4n) is 4.90. The molecule has 0 aromatic heterocycles. The first-order chi connectivity index (χ1) is 13.9. The quantitative estimate of drug-likeness (QED) is 0.657. The number of methoxy groups -OCH3 is 1. The highest BCUT2D eigenvalue weighted by Crippen LogP contribution is 2.50. The molecular formula is C21H29ClFNO5S. The predicted molar refractivity (Wildman–Crippen MR) is 114 cm³/mol. The van der Waals surface area contributed by atoms with E-state index in [1.54, 1.807) is 0 Å². The molecule has 2 bridgehead atoms. The van der Waals surface area contributed by atoms with Gasteiger partial charge in [-0.05, 0) is 62.8 Å². The van der Waals surface area contributed by atoms with Crippen LogP contribution in [0.25, 0.3) is 0 Å². The average molecular weight is 462 g/mol. The van der Waals surface area contributed by atoms with Crippen molar-refractivity contribution in [1.82, 2.24) is 4.72 Å². The number of halogens is 2. The summed E-state index contributed by atoms with van der Waals surface area (Å²) < 4.78 is 30.8. The average Bonchev–Trinajstić information content (AvgIpc) is 2.62. The number of hydrogen-bond acceptors (Lipinski definition) is 5. The second kappa shape index (κ2) is 10.1. The third-order valence-electron chi connectivity index (χ3n) is 5.81. The molecule has 9 heteroatoms. The Morgan fingerprint density at radius 3 is 2.33 bits per heavy atom. The lowest BCUT2D eigenvalue weighted by Gasteiger charge is -2.45. The number of phenols is 1. The minimum absolute atomic E-state index is 0.00625. The second-order valence-corrected chi connectivity index (χ2v) is 10.2. The van der Waals surface area contributed by atoms with Crippen molar-refractivity contribution < 1.29 is 28.0 Å². The van der Waals surface area contributed by atoms with Crippen LogP contribution in [0, 0.1) is 29.0 Å². The number of ether oxygens (including phenoxy) is 1. The highest BCUT2D eigenvalue weighted by Gasteiger charge is 2.45. The number of aromatic hydroxyl groups is 1. The third kappa shape index (κ3) is 6.17. The molecule has 0 heterocycles. The van der Waals surface area contributed by atoms with E-state index < -0.39 is 28.5 Å². The Morgan fingerprint density at radius 1 is 1.27 bits per heavy atom. The molecule has 0 spiro atoms. The Balaban J connectivity index is 0.000000214. The molecule has 1 amide bonds. The van der Waals surface area contributed by atoms with Crippen LogP contribution in [0.1, 0.15) is 56.3 Å². The summed E-state index contributed by atoms with van der Waals surface area (Å²) in [6, 6.07) is 1.68. The van der Waals surface area contributed by atoms with Gasteiger partial charge in [-0.25, -0.2) is 8.60 Å². The van der Waals surface area contributed by atoms with Crippen molar-refractivity contribution in [2.24, 2.45) is 23.2 Å². The van der Waals surface area contributed by atoms with Crippen LogP contribution in [0.3, 0.4) is 0 Å². The summed E-state index contributed by atoms with van der Waals surface area (Å²) in [7, 11) is -0.0737. The molecular weight excluding hydrogens is 433 g/mol. The number of carbonyl (C=O) groups excluding carboxylic acids is 2. The molecule has 30 heavy (non-hydrogen) atoms. The van der Waals surface area contributed by atoms with E-state index in [-0.39, 0.29) is 22.0 Å². The van der Waals surface area contributed by atoms with E-state index in [4.69, 9.17) is 21.4 Å². The normalized spacial score (nSPS) is 28.5. The van der Waals surface area contributed by atoms with Crippen LogP contribution in [-0.2, 0) is 20.5 Å². The van der Waals surface area contributed by atoms with Crippen LogP contribution in [0.4, 0.5) is 4.39 Å². The summed E-state index contributed by atoms with van der Waals surface area (Å²) >= 11 is 5.49.